The van der Waals surface area contributed by atoms with Crippen molar-refractivity contribution >= 4 is 11.9 Å². The van der Waals surface area contributed by atoms with Crippen LogP contribution in [-0.2, 0) is 16.1 Å². The zero-order valence-corrected chi connectivity index (χ0v) is 12.7. The highest BCUT2D eigenvalue weighted by molar-refractivity contribution is 5.87. The molecule has 1 aromatic rings. The molecule has 0 spiro atoms. The molecule has 22 heavy (non-hydrogen) atoms. The van der Waals surface area contributed by atoms with E-state index in [-0.39, 0.29) is 23.4 Å². The highest BCUT2D eigenvalue weighted by atomic mass is 16.5. The summed E-state index contributed by atoms with van der Waals surface area (Å²) in [6.07, 6.45) is 2.13. The molecule has 0 radical (unpaired) electrons. The highest BCUT2D eigenvalue weighted by Gasteiger charge is 2.42. The van der Waals surface area contributed by atoms with Gasteiger partial charge in [0.25, 0.3) is 0 Å². The first kappa shape index (κ1) is 16.5. The van der Waals surface area contributed by atoms with Crippen LogP contribution in [0.2, 0.25) is 0 Å². The van der Waals surface area contributed by atoms with Gasteiger partial charge in [-0.25, -0.2) is 4.79 Å². The zero-order valence-electron chi connectivity index (χ0n) is 12.7. The van der Waals surface area contributed by atoms with Crippen molar-refractivity contribution in [1.29, 1.82) is 0 Å². The number of aromatic carboxylic acids is 1. The number of amides is 1. The van der Waals surface area contributed by atoms with Crippen molar-refractivity contribution in [1.82, 2.24) is 4.90 Å². The normalized spacial score (nSPS) is 21.9. The molecule has 0 aromatic heterocycles. The molecular formula is C16H22N2O4. The first-order valence-electron chi connectivity index (χ1n) is 7.31. The number of likely N-dealkylation sites (tertiary alicyclic amines) is 1. The van der Waals surface area contributed by atoms with Crippen molar-refractivity contribution in [2.75, 3.05) is 20.3 Å². The Balaban J connectivity index is 2.15. The van der Waals surface area contributed by atoms with Gasteiger partial charge in [0, 0.05) is 20.1 Å². The number of carboxylic acids is 1. The molecule has 0 unspecified atom stereocenters. The van der Waals surface area contributed by atoms with Gasteiger partial charge >= 0.3 is 5.97 Å². The molecular weight excluding hydrogens is 284 g/mol. The molecule has 1 aromatic carbocycles. The molecule has 1 saturated heterocycles. The van der Waals surface area contributed by atoms with Gasteiger partial charge in [0.2, 0.25) is 5.91 Å². The van der Waals surface area contributed by atoms with E-state index in [4.69, 9.17) is 15.6 Å². The second kappa shape index (κ2) is 6.89. The number of ether oxygens (including phenoxy) is 1. The number of methoxy groups -OCH3 is 1. The number of carbonyl (C=O) groups is 2. The topological polar surface area (TPSA) is 92.9 Å². The number of nitrogens with two attached hydrogens (primary N) is 1. The maximum atomic E-state index is 11.4. The van der Waals surface area contributed by atoms with Crippen molar-refractivity contribution in [2.24, 2.45) is 5.73 Å². The van der Waals surface area contributed by atoms with E-state index in [0.717, 1.165) is 24.9 Å². The largest absolute Gasteiger partial charge is 0.478 e. The Bertz CT molecular complexity index is 544. The molecule has 1 heterocycles. The van der Waals surface area contributed by atoms with Crippen LogP contribution in [0.15, 0.2) is 24.3 Å². The van der Waals surface area contributed by atoms with E-state index in [9.17, 15) is 9.59 Å². The molecule has 120 valence electrons. The summed E-state index contributed by atoms with van der Waals surface area (Å²) in [4.78, 5) is 24.5. The summed E-state index contributed by atoms with van der Waals surface area (Å²) < 4.78 is 5.32. The zero-order chi connectivity index (χ0) is 16.2. The van der Waals surface area contributed by atoms with Crippen molar-refractivity contribution in [3.63, 3.8) is 0 Å². The summed E-state index contributed by atoms with van der Waals surface area (Å²) in [6.45, 7) is 1.98. The molecule has 2 rings (SSSR count). The molecule has 3 N–H and O–H groups in total. The number of carboxylic acid groups (broad SMARTS) is 1. The van der Waals surface area contributed by atoms with Crippen LogP contribution in [0.1, 0.15) is 35.2 Å². The lowest BCUT2D eigenvalue weighted by molar-refractivity contribution is -0.121. The molecule has 1 aliphatic heterocycles. The average molecular weight is 306 g/mol. The Morgan fingerprint density at radius 2 is 2.05 bits per heavy atom. The third-order valence-corrected chi connectivity index (χ3v) is 4.23. The van der Waals surface area contributed by atoms with Gasteiger partial charge in [0.05, 0.1) is 17.7 Å². The fraction of sp³-hybridized carbons (Fsp3) is 0.500. The van der Waals surface area contributed by atoms with E-state index in [0.29, 0.717) is 13.2 Å². The molecule has 0 saturated carbocycles. The Morgan fingerprint density at radius 1 is 1.36 bits per heavy atom. The van der Waals surface area contributed by atoms with E-state index in [1.54, 1.807) is 19.2 Å². The molecule has 1 aliphatic rings. The Labute approximate surface area is 129 Å². The molecule has 1 fully saturated rings. The van der Waals surface area contributed by atoms with Gasteiger partial charge in [0.15, 0.2) is 0 Å². The second-order valence-corrected chi connectivity index (χ2v) is 5.83. The minimum Gasteiger partial charge on any atom is -0.478 e. The van der Waals surface area contributed by atoms with Crippen LogP contribution in [0, 0.1) is 0 Å². The number of hydrogen-bond donors (Lipinski definition) is 2. The highest BCUT2D eigenvalue weighted by Crippen LogP contribution is 2.34. The van der Waals surface area contributed by atoms with Crippen LogP contribution in [0.5, 0.6) is 0 Å². The number of nitrogens with zero attached hydrogens (tertiary/aromatic N) is 1. The van der Waals surface area contributed by atoms with Crippen molar-refractivity contribution in [3.05, 3.63) is 35.4 Å². The maximum Gasteiger partial charge on any atom is 0.335 e. The van der Waals surface area contributed by atoms with Crippen molar-refractivity contribution in [3.8, 4) is 0 Å². The standard InChI is InChI=1S/C16H22N2O4/c1-22-11-16(9-14(17)19)7-2-8-18(16)10-12-3-5-13(6-4-12)15(20)21/h3-6H,2,7-11H2,1H3,(H2,17,19)(H,20,21)/t16-/m1/s1. The molecule has 6 heteroatoms. The van der Waals surface area contributed by atoms with Crippen molar-refractivity contribution < 1.29 is 19.4 Å². The number of primary amides is 1. The maximum absolute atomic E-state index is 11.4. The summed E-state index contributed by atoms with van der Waals surface area (Å²) in [5.74, 6) is -1.26. The molecule has 0 aliphatic carbocycles. The molecule has 0 bridgehead atoms. The molecule has 6 nitrogen and oxygen atoms in total. The third kappa shape index (κ3) is 3.64. The van der Waals surface area contributed by atoms with Gasteiger partial charge in [-0.15, -0.1) is 0 Å². The predicted octanol–water partition coefficient (Wildman–Crippen LogP) is 1.24. The first-order chi connectivity index (χ1) is 10.5. The minimum absolute atomic E-state index is 0.269. The van der Waals surface area contributed by atoms with E-state index in [1.165, 1.54) is 0 Å². The summed E-state index contributed by atoms with van der Waals surface area (Å²) in [7, 11) is 1.63. The van der Waals surface area contributed by atoms with E-state index in [2.05, 4.69) is 4.90 Å². The summed E-state index contributed by atoms with van der Waals surface area (Å²) in [5, 5.41) is 8.93. The van der Waals surface area contributed by atoms with Crippen LogP contribution in [0.25, 0.3) is 0 Å². The Morgan fingerprint density at radius 3 is 2.59 bits per heavy atom. The first-order valence-corrected chi connectivity index (χ1v) is 7.31. The monoisotopic (exact) mass is 306 g/mol. The lowest BCUT2D eigenvalue weighted by atomic mass is 9.92. The van der Waals surface area contributed by atoms with Gasteiger partial charge in [-0.3, -0.25) is 9.69 Å². The van der Waals surface area contributed by atoms with E-state index < -0.39 is 5.97 Å². The Hall–Kier alpha value is -1.92. The number of carbonyl (C=O) groups excluding carboxylic acids is 1. The fourth-order valence-corrected chi connectivity index (χ4v) is 3.22. The number of benzene rings is 1. The lowest BCUT2D eigenvalue weighted by Crippen LogP contribution is -2.49. The minimum atomic E-state index is -0.935. The van der Waals surface area contributed by atoms with Gasteiger partial charge in [-0.2, -0.15) is 0 Å². The quantitative estimate of drug-likeness (QED) is 0.790. The lowest BCUT2D eigenvalue weighted by Gasteiger charge is -2.37. The van der Waals surface area contributed by atoms with Crippen molar-refractivity contribution in [2.45, 2.75) is 31.3 Å². The summed E-state index contributed by atoms with van der Waals surface area (Å²) in [6, 6.07) is 6.81. The van der Waals surface area contributed by atoms with Gasteiger partial charge in [0.1, 0.15) is 0 Å². The van der Waals surface area contributed by atoms with Crippen LogP contribution in [0.3, 0.4) is 0 Å². The smallest absolute Gasteiger partial charge is 0.335 e. The predicted molar refractivity (Wildman–Crippen MR) is 81.5 cm³/mol. The van der Waals surface area contributed by atoms with Gasteiger partial charge in [-0.05, 0) is 37.1 Å². The number of hydrogen-bond acceptors (Lipinski definition) is 4. The SMILES string of the molecule is COC[C@]1(CC(N)=O)CCCN1Cc1ccc(C(=O)O)cc1. The second-order valence-electron chi connectivity index (χ2n) is 5.83. The van der Waals surface area contributed by atoms with E-state index in [1.807, 2.05) is 12.1 Å². The fourth-order valence-electron chi connectivity index (χ4n) is 3.22. The van der Waals surface area contributed by atoms with Crippen LogP contribution in [0.4, 0.5) is 0 Å². The molecule has 1 amide bonds. The summed E-state index contributed by atoms with van der Waals surface area (Å²) >= 11 is 0. The van der Waals surface area contributed by atoms with Gasteiger partial charge < -0.3 is 15.6 Å². The van der Waals surface area contributed by atoms with Crippen LogP contribution < -0.4 is 5.73 Å². The van der Waals surface area contributed by atoms with Gasteiger partial charge in [-0.1, -0.05) is 12.1 Å². The average Bonchev–Trinajstić information content (AvgIpc) is 2.81. The van der Waals surface area contributed by atoms with Crippen LogP contribution in [-0.4, -0.2) is 47.7 Å². The summed E-state index contributed by atoms with van der Waals surface area (Å²) in [5.41, 5.74) is 6.33. The number of rotatable bonds is 7. The third-order valence-electron chi connectivity index (χ3n) is 4.23. The molecule has 1 atom stereocenters. The Kier molecular flexibility index (Phi) is 5.15. The van der Waals surface area contributed by atoms with Crippen LogP contribution >= 0.6 is 0 Å². The van der Waals surface area contributed by atoms with E-state index >= 15 is 0 Å².